The highest BCUT2D eigenvalue weighted by Crippen LogP contribution is 2.32. The summed E-state index contributed by atoms with van der Waals surface area (Å²) in [6.45, 7) is 0.974. The third-order valence-corrected chi connectivity index (χ3v) is 4.52. The molecule has 0 radical (unpaired) electrons. The molecule has 28 heavy (non-hydrogen) atoms. The van der Waals surface area contributed by atoms with Crippen LogP contribution in [-0.4, -0.2) is 51.0 Å². The number of nitrogens with zero attached hydrogens (tertiary/aromatic N) is 4. The van der Waals surface area contributed by atoms with E-state index in [0.29, 0.717) is 35.6 Å². The van der Waals surface area contributed by atoms with Gasteiger partial charge in [-0.2, -0.15) is 4.68 Å². The van der Waals surface area contributed by atoms with Crippen molar-refractivity contribution in [2.75, 3.05) is 19.0 Å². The number of rotatable bonds is 5. The molecule has 2 amide bonds. The first-order chi connectivity index (χ1) is 13.7. The molecule has 2 aromatic heterocycles. The number of fused-ring (bicyclic) bond motifs is 1. The van der Waals surface area contributed by atoms with Gasteiger partial charge in [0.1, 0.15) is 13.2 Å². The fourth-order valence-electron chi connectivity index (χ4n) is 2.36. The van der Waals surface area contributed by atoms with E-state index in [4.69, 9.17) is 13.9 Å². The summed E-state index contributed by atoms with van der Waals surface area (Å²) in [5.74, 6) is 0.364. The van der Waals surface area contributed by atoms with Crippen molar-refractivity contribution in [2.45, 2.75) is 5.16 Å². The minimum absolute atomic E-state index is 0.0106. The number of nitrogens with one attached hydrogen (secondary N) is 2. The lowest BCUT2D eigenvalue weighted by Crippen LogP contribution is -2.42. The molecule has 144 valence electrons. The summed E-state index contributed by atoms with van der Waals surface area (Å²) in [6, 6.07) is 8.38. The lowest BCUT2D eigenvalue weighted by Gasteiger charge is -2.18. The highest BCUT2D eigenvalue weighted by Gasteiger charge is 2.17. The molecule has 11 nitrogen and oxygen atoms in total. The van der Waals surface area contributed by atoms with E-state index in [-0.39, 0.29) is 11.5 Å². The Labute approximate surface area is 162 Å². The second-order valence-corrected chi connectivity index (χ2v) is 6.41. The Morgan fingerprint density at radius 3 is 2.82 bits per heavy atom. The van der Waals surface area contributed by atoms with E-state index >= 15 is 0 Å². The first-order valence-corrected chi connectivity index (χ1v) is 9.13. The topological polar surface area (TPSA) is 133 Å². The summed E-state index contributed by atoms with van der Waals surface area (Å²) in [6.07, 6.45) is 1.37. The molecule has 0 saturated carbocycles. The average Bonchev–Trinajstić information content (AvgIpc) is 3.42. The van der Waals surface area contributed by atoms with Gasteiger partial charge in [-0.05, 0) is 34.7 Å². The third kappa shape index (κ3) is 3.91. The molecule has 0 bridgehead atoms. The van der Waals surface area contributed by atoms with Crippen LogP contribution in [-0.2, 0) is 4.79 Å². The fourth-order valence-corrected chi connectivity index (χ4v) is 3.05. The Morgan fingerprint density at radius 2 is 2.00 bits per heavy atom. The number of carbonyl (C=O) groups excluding carboxylic acids is 2. The molecule has 1 aliphatic rings. The zero-order valence-electron chi connectivity index (χ0n) is 14.3. The molecule has 1 aromatic carbocycles. The Bertz CT molecular complexity index is 989. The molecule has 1 aliphatic heterocycles. The average molecular weight is 402 g/mol. The normalized spacial score (nSPS) is 12.4. The quantitative estimate of drug-likeness (QED) is 0.464. The number of ether oxygens (including phenoxy) is 2. The number of furan rings is 1. The summed E-state index contributed by atoms with van der Waals surface area (Å²) in [4.78, 5) is 23.7. The molecule has 0 aliphatic carbocycles. The number of hydrogen-bond donors (Lipinski definition) is 2. The van der Waals surface area contributed by atoms with Crippen molar-refractivity contribution in [1.82, 2.24) is 31.1 Å². The van der Waals surface area contributed by atoms with Crippen LogP contribution in [0.25, 0.3) is 5.69 Å². The van der Waals surface area contributed by atoms with Crippen molar-refractivity contribution in [3.8, 4) is 17.2 Å². The number of benzene rings is 1. The highest BCUT2D eigenvalue weighted by atomic mass is 32.2. The van der Waals surface area contributed by atoms with Crippen LogP contribution in [0, 0.1) is 0 Å². The molecule has 3 aromatic rings. The number of hydrogen-bond acceptors (Lipinski definition) is 9. The summed E-state index contributed by atoms with van der Waals surface area (Å²) in [5, 5.41) is 11.9. The van der Waals surface area contributed by atoms with Crippen molar-refractivity contribution in [3.05, 3.63) is 42.4 Å². The Morgan fingerprint density at radius 1 is 1.14 bits per heavy atom. The molecular weight excluding hydrogens is 388 g/mol. The van der Waals surface area contributed by atoms with Crippen LogP contribution in [0.15, 0.2) is 46.2 Å². The van der Waals surface area contributed by atoms with E-state index in [9.17, 15) is 9.59 Å². The number of carbonyl (C=O) groups is 2. The van der Waals surface area contributed by atoms with Gasteiger partial charge in [-0.1, -0.05) is 11.8 Å². The van der Waals surface area contributed by atoms with Gasteiger partial charge >= 0.3 is 5.91 Å². The van der Waals surface area contributed by atoms with Gasteiger partial charge in [0.05, 0.1) is 17.7 Å². The van der Waals surface area contributed by atoms with E-state index in [1.54, 1.807) is 24.3 Å². The summed E-state index contributed by atoms with van der Waals surface area (Å²) >= 11 is 1.11. The van der Waals surface area contributed by atoms with E-state index in [1.807, 2.05) is 0 Å². The summed E-state index contributed by atoms with van der Waals surface area (Å²) in [7, 11) is 0. The van der Waals surface area contributed by atoms with Crippen LogP contribution in [0.4, 0.5) is 0 Å². The van der Waals surface area contributed by atoms with E-state index in [1.165, 1.54) is 17.0 Å². The minimum Gasteiger partial charge on any atom is -0.486 e. The highest BCUT2D eigenvalue weighted by molar-refractivity contribution is 7.99. The smallest absolute Gasteiger partial charge is 0.305 e. The van der Waals surface area contributed by atoms with Crippen LogP contribution < -0.4 is 20.3 Å². The lowest BCUT2D eigenvalue weighted by atomic mass is 10.2. The van der Waals surface area contributed by atoms with Crippen LogP contribution in [0.2, 0.25) is 0 Å². The van der Waals surface area contributed by atoms with Crippen LogP contribution in [0.5, 0.6) is 11.5 Å². The first kappa shape index (κ1) is 17.9. The monoisotopic (exact) mass is 402 g/mol. The van der Waals surface area contributed by atoms with Gasteiger partial charge in [0.25, 0.3) is 0 Å². The van der Waals surface area contributed by atoms with Crippen LogP contribution in [0.1, 0.15) is 10.6 Å². The Hall–Kier alpha value is -3.54. The predicted molar refractivity (Wildman–Crippen MR) is 95.2 cm³/mol. The number of hydrazine groups is 1. The second-order valence-electron chi connectivity index (χ2n) is 5.47. The minimum atomic E-state index is -0.551. The largest absolute Gasteiger partial charge is 0.486 e. The second kappa shape index (κ2) is 8.00. The zero-order valence-corrected chi connectivity index (χ0v) is 15.1. The lowest BCUT2D eigenvalue weighted by molar-refractivity contribution is -0.119. The van der Waals surface area contributed by atoms with Gasteiger partial charge in [0, 0.05) is 6.07 Å². The third-order valence-electron chi connectivity index (χ3n) is 3.60. The predicted octanol–water partition coefficient (Wildman–Crippen LogP) is 0.580. The molecule has 4 rings (SSSR count). The standard InChI is InChI=1S/C16H14N6O5S/c23-14(17-18-15(24)12-2-1-5-25-12)9-28-16-19-20-21-22(16)10-3-4-11-13(8-10)27-7-6-26-11/h1-5,8H,6-7,9H2,(H,17,23)(H,18,24). The van der Waals surface area contributed by atoms with Gasteiger partial charge in [-0.15, -0.1) is 5.10 Å². The van der Waals surface area contributed by atoms with Crippen molar-refractivity contribution in [1.29, 1.82) is 0 Å². The molecule has 0 spiro atoms. The number of amides is 2. The number of tetrazole rings is 1. The molecule has 3 heterocycles. The molecule has 0 atom stereocenters. The van der Waals surface area contributed by atoms with Gasteiger partial charge in [-0.3, -0.25) is 20.4 Å². The van der Waals surface area contributed by atoms with Gasteiger partial charge < -0.3 is 13.9 Å². The van der Waals surface area contributed by atoms with Crippen LogP contribution in [0.3, 0.4) is 0 Å². The van der Waals surface area contributed by atoms with Crippen LogP contribution >= 0.6 is 11.8 Å². The zero-order chi connectivity index (χ0) is 19.3. The summed E-state index contributed by atoms with van der Waals surface area (Å²) < 4.78 is 17.5. The number of thioether (sulfide) groups is 1. The molecular formula is C16H14N6O5S. The fraction of sp³-hybridized carbons (Fsp3) is 0.188. The maximum absolute atomic E-state index is 12.0. The van der Waals surface area contributed by atoms with E-state index in [2.05, 4.69) is 26.4 Å². The SMILES string of the molecule is O=C(CSc1nnnn1-c1ccc2c(c1)OCCO2)NNC(=O)c1ccco1. The van der Waals surface area contributed by atoms with Gasteiger partial charge in [0.2, 0.25) is 11.1 Å². The molecule has 0 unspecified atom stereocenters. The van der Waals surface area contributed by atoms with Crippen molar-refractivity contribution < 1.29 is 23.5 Å². The first-order valence-electron chi connectivity index (χ1n) is 8.14. The molecule has 2 N–H and O–H groups in total. The van der Waals surface area contributed by atoms with Gasteiger partial charge in [-0.25, -0.2) is 0 Å². The Balaban J connectivity index is 1.35. The maximum Gasteiger partial charge on any atom is 0.305 e. The molecule has 12 heteroatoms. The van der Waals surface area contributed by atoms with E-state index < -0.39 is 11.8 Å². The molecule has 0 saturated heterocycles. The van der Waals surface area contributed by atoms with Crippen molar-refractivity contribution >= 4 is 23.6 Å². The summed E-state index contributed by atoms with van der Waals surface area (Å²) in [5.41, 5.74) is 5.23. The maximum atomic E-state index is 12.0. The number of aromatic nitrogens is 4. The molecule has 0 fully saturated rings. The Kier molecular flexibility index (Phi) is 5.10. The van der Waals surface area contributed by atoms with Crippen molar-refractivity contribution in [3.63, 3.8) is 0 Å². The van der Waals surface area contributed by atoms with Gasteiger partial charge in [0.15, 0.2) is 17.3 Å². The van der Waals surface area contributed by atoms with E-state index in [0.717, 1.165) is 11.8 Å². The van der Waals surface area contributed by atoms with Crippen molar-refractivity contribution in [2.24, 2.45) is 0 Å².